The van der Waals surface area contributed by atoms with Crippen LogP contribution in [0, 0.1) is 0 Å². The predicted molar refractivity (Wildman–Crippen MR) is 67.6 cm³/mol. The van der Waals surface area contributed by atoms with Crippen LogP contribution in [0.4, 0.5) is 0 Å². The van der Waals surface area contributed by atoms with Crippen molar-refractivity contribution in [3.63, 3.8) is 0 Å². The van der Waals surface area contributed by atoms with E-state index in [1.807, 2.05) is 0 Å². The van der Waals surface area contributed by atoms with Gasteiger partial charge in [-0.3, -0.25) is 0 Å². The summed E-state index contributed by atoms with van der Waals surface area (Å²) in [6.45, 7) is 1.23. The van der Waals surface area contributed by atoms with Gasteiger partial charge in [-0.15, -0.1) is 0 Å². The van der Waals surface area contributed by atoms with Crippen molar-refractivity contribution in [2.45, 2.75) is 50.0 Å². The van der Waals surface area contributed by atoms with Crippen molar-refractivity contribution >= 4 is 0 Å². The Balaban J connectivity index is 1.91. The van der Waals surface area contributed by atoms with Crippen molar-refractivity contribution in [1.29, 1.82) is 0 Å². The van der Waals surface area contributed by atoms with Crippen LogP contribution in [0.25, 0.3) is 0 Å². The molecule has 1 saturated carbocycles. The summed E-state index contributed by atoms with van der Waals surface area (Å²) in [5.74, 6) is 0.755. The topological polar surface area (TPSA) is 12.0 Å². The maximum atomic E-state index is 3.82. The highest BCUT2D eigenvalue weighted by atomic mass is 15.0. The van der Waals surface area contributed by atoms with E-state index in [-0.39, 0.29) is 0 Å². The Morgan fingerprint density at radius 1 is 1.00 bits per heavy atom. The van der Waals surface area contributed by atoms with Crippen LogP contribution in [-0.2, 0) is 0 Å². The molecule has 1 aromatic carbocycles. The number of nitrogens with one attached hydrogen (secondary N) is 1. The quantitative estimate of drug-likeness (QED) is 0.756. The maximum absolute atomic E-state index is 3.82. The van der Waals surface area contributed by atoms with E-state index in [0.717, 1.165) is 5.92 Å². The van der Waals surface area contributed by atoms with E-state index in [0.29, 0.717) is 5.54 Å². The molecule has 1 N–H and O–H groups in total. The van der Waals surface area contributed by atoms with E-state index >= 15 is 0 Å². The molecule has 2 fully saturated rings. The molecule has 0 unspecified atom stereocenters. The monoisotopic (exact) mass is 215 g/mol. The summed E-state index contributed by atoms with van der Waals surface area (Å²) in [7, 11) is 0. The first-order chi connectivity index (χ1) is 7.91. The van der Waals surface area contributed by atoms with Gasteiger partial charge in [-0.05, 0) is 37.8 Å². The van der Waals surface area contributed by atoms with Crippen molar-refractivity contribution in [1.82, 2.24) is 5.32 Å². The van der Waals surface area contributed by atoms with E-state index in [4.69, 9.17) is 0 Å². The summed E-state index contributed by atoms with van der Waals surface area (Å²) >= 11 is 0. The van der Waals surface area contributed by atoms with Crippen LogP contribution >= 0.6 is 0 Å². The van der Waals surface area contributed by atoms with Crippen LogP contribution in [0.1, 0.15) is 50.0 Å². The largest absolute Gasteiger partial charge is 0.311 e. The van der Waals surface area contributed by atoms with Crippen LogP contribution in [0.15, 0.2) is 30.3 Å². The molecule has 2 aliphatic rings. The molecule has 3 rings (SSSR count). The Kier molecular flexibility index (Phi) is 2.72. The van der Waals surface area contributed by atoms with Crippen molar-refractivity contribution in [2.75, 3.05) is 6.54 Å². The molecule has 0 amide bonds. The van der Waals surface area contributed by atoms with Gasteiger partial charge >= 0.3 is 0 Å². The molecular weight excluding hydrogens is 194 g/mol. The lowest BCUT2D eigenvalue weighted by molar-refractivity contribution is 0.222. The lowest BCUT2D eigenvalue weighted by Crippen LogP contribution is -2.47. The van der Waals surface area contributed by atoms with E-state index in [2.05, 4.69) is 35.6 Å². The molecule has 0 aromatic heterocycles. The minimum atomic E-state index is 0.444. The van der Waals surface area contributed by atoms with Gasteiger partial charge < -0.3 is 5.32 Å². The minimum Gasteiger partial charge on any atom is -0.311 e. The summed E-state index contributed by atoms with van der Waals surface area (Å²) in [4.78, 5) is 0. The van der Waals surface area contributed by atoms with Gasteiger partial charge in [0, 0.05) is 11.5 Å². The zero-order chi connectivity index (χ0) is 10.8. The van der Waals surface area contributed by atoms with E-state index in [9.17, 15) is 0 Å². The first-order valence-corrected chi connectivity index (χ1v) is 6.71. The van der Waals surface area contributed by atoms with Gasteiger partial charge in [-0.2, -0.15) is 0 Å². The summed E-state index contributed by atoms with van der Waals surface area (Å²) in [6.07, 6.45) is 8.32. The van der Waals surface area contributed by atoms with Crippen LogP contribution in [0.5, 0.6) is 0 Å². The van der Waals surface area contributed by atoms with Crippen molar-refractivity contribution in [3.05, 3.63) is 35.9 Å². The second-order valence-electron chi connectivity index (χ2n) is 5.40. The zero-order valence-corrected chi connectivity index (χ0v) is 9.91. The zero-order valence-electron chi connectivity index (χ0n) is 9.91. The molecule has 1 heteroatoms. The van der Waals surface area contributed by atoms with E-state index in [1.54, 1.807) is 5.56 Å². The van der Waals surface area contributed by atoms with Gasteiger partial charge in [0.25, 0.3) is 0 Å². The standard InChI is InChI=1S/C15H21N/c1-2-7-13(8-3-1)14-9-4-5-10-15(14)11-6-12-16-15/h1-3,7-8,14,16H,4-6,9-12H2/t14-,15+/m1/s1. The number of rotatable bonds is 1. The summed E-state index contributed by atoms with van der Waals surface area (Å²) in [5, 5.41) is 3.82. The Labute approximate surface area is 98.3 Å². The Morgan fingerprint density at radius 3 is 2.56 bits per heavy atom. The molecule has 1 saturated heterocycles. The summed E-state index contributed by atoms with van der Waals surface area (Å²) < 4.78 is 0. The van der Waals surface area contributed by atoms with Crippen LogP contribution in [0.3, 0.4) is 0 Å². The van der Waals surface area contributed by atoms with E-state index < -0.39 is 0 Å². The lowest BCUT2D eigenvalue weighted by Gasteiger charge is -2.42. The fourth-order valence-corrected chi connectivity index (χ4v) is 3.75. The second kappa shape index (κ2) is 4.21. The maximum Gasteiger partial charge on any atom is 0.0250 e. The normalized spacial score (nSPS) is 34.4. The Bertz CT molecular complexity index is 338. The molecule has 2 atom stereocenters. The molecule has 1 aliphatic carbocycles. The van der Waals surface area contributed by atoms with Crippen LogP contribution in [0.2, 0.25) is 0 Å². The smallest absolute Gasteiger partial charge is 0.0250 e. The fourth-order valence-electron chi connectivity index (χ4n) is 3.75. The molecule has 1 spiro atoms. The number of hydrogen-bond acceptors (Lipinski definition) is 1. The molecule has 1 nitrogen and oxygen atoms in total. The van der Waals surface area contributed by atoms with Crippen molar-refractivity contribution in [3.8, 4) is 0 Å². The predicted octanol–water partition coefficient (Wildman–Crippen LogP) is 3.47. The highest BCUT2D eigenvalue weighted by molar-refractivity contribution is 5.25. The minimum absolute atomic E-state index is 0.444. The SMILES string of the molecule is c1ccc([C@H]2CCCC[C@]23CCCN3)cc1. The van der Waals surface area contributed by atoms with Gasteiger partial charge in [-0.1, -0.05) is 43.2 Å². The Morgan fingerprint density at radius 2 is 1.81 bits per heavy atom. The fraction of sp³-hybridized carbons (Fsp3) is 0.600. The molecule has 16 heavy (non-hydrogen) atoms. The van der Waals surface area contributed by atoms with Gasteiger partial charge in [0.1, 0.15) is 0 Å². The molecule has 0 radical (unpaired) electrons. The molecule has 1 heterocycles. The first kappa shape index (κ1) is 10.3. The van der Waals surface area contributed by atoms with Crippen LogP contribution in [-0.4, -0.2) is 12.1 Å². The lowest BCUT2D eigenvalue weighted by atomic mass is 9.69. The summed E-state index contributed by atoms with van der Waals surface area (Å²) in [6, 6.07) is 11.1. The summed E-state index contributed by atoms with van der Waals surface area (Å²) in [5.41, 5.74) is 2.00. The van der Waals surface area contributed by atoms with Gasteiger partial charge in [0.2, 0.25) is 0 Å². The van der Waals surface area contributed by atoms with Gasteiger partial charge in [0.15, 0.2) is 0 Å². The highest BCUT2D eigenvalue weighted by Crippen LogP contribution is 2.45. The second-order valence-corrected chi connectivity index (χ2v) is 5.40. The average Bonchev–Trinajstić information content (AvgIpc) is 2.80. The third kappa shape index (κ3) is 1.67. The van der Waals surface area contributed by atoms with Crippen molar-refractivity contribution < 1.29 is 0 Å². The molecule has 1 aromatic rings. The van der Waals surface area contributed by atoms with Crippen molar-refractivity contribution in [2.24, 2.45) is 0 Å². The number of benzene rings is 1. The first-order valence-electron chi connectivity index (χ1n) is 6.71. The highest BCUT2D eigenvalue weighted by Gasteiger charge is 2.42. The Hall–Kier alpha value is -0.820. The van der Waals surface area contributed by atoms with E-state index in [1.165, 1.54) is 45.1 Å². The van der Waals surface area contributed by atoms with Crippen LogP contribution < -0.4 is 5.32 Å². The third-order valence-corrected chi connectivity index (χ3v) is 4.51. The molecule has 1 aliphatic heterocycles. The molecule has 0 bridgehead atoms. The molecular formula is C15H21N. The van der Waals surface area contributed by atoms with Gasteiger partial charge in [0.05, 0.1) is 0 Å². The van der Waals surface area contributed by atoms with Gasteiger partial charge in [-0.25, -0.2) is 0 Å². The number of hydrogen-bond donors (Lipinski definition) is 1. The molecule has 86 valence electrons. The average molecular weight is 215 g/mol. The third-order valence-electron chi connectivity index (χ3n) is 4.51.